The zero-order chi connectivity index (χ0) is 13.1. The molecule has 0 spiro atoms. The second-order valence-electron chi connectivity index (χ2n) is 4.26. The van der Waals surface area contributed by atoms with Crippen LogP contribution in [0.1, 0.15) is 19.8 Å². The molecule has 2 amide bonds. The number of nitrogens with one attached hydrogen (secondary N) is 1. The number of phenols is 1. The lowest BCUT2D eigenvalue weighted by molar-refractivity contribution is -0.124. The largest absolute Gasteiger partial charge is 0.508 e. The van der Waals surface area contributed by atoms with E-state index in [1.54, 1.807) is 23.1 Å². The van der Waals surface area contributed by atoms with Gasteiger partial charge in [0.05, 0.1) is 0 Å². The van der Waals surface area contributed by atoms with Crippen LogP contribution in [0.2, 0.25) is 0 Å². The summed E-state index contributed by atoms with van der Waals surface area (Å²) in [5.74, 6) is -0.0940. The molecule has 0 bridgehead atoms. The molecule has 0 unspecified atom stereocenters. The normalized spacial score (nSPS) is 18.5. The van der Waals surface area contributed by atoms with E-state index in [0.717, 1.165) is 0 Å². The summed E-state index contributed by atoms with van der Waals surface area (Å²) in [6, 6.07) is 6.10. The van der Waals surface area contributed by atoms with Crippen LogP contribution in [0.4, 0.5) is 5.69 Å². The molecule has 1 atom stereocenters. The first-order chi connectivity index (χ1) is 8.61. The standard InChI is InChI=1S/C13H16N2O3/c1-2-15(9-4-3-5-10(16)8-9)13(18)11-6-7-12(17)14-11/h3-5,8,11,16H,2,6-7H2,1H3,(H,14,17)/t11-/m0/s1. The Morgan fingerprint density at radius 1 is 1.56 bits per heavy atom. The van der Waals surface area contributed by atoms with E-state index in [1.165, 1.54) is 6.07 Å². The quantitative estimate of drug-likeness (QED) is 0.839. The molecular formula is C13H16N2O3. The molecule has 2 rings (SSSR count). The molecular weight excluding hydrogens is 232 g/mol. The molecule has 0 aliphatic carbocycles. The molecule has 1 aromatic carbocycles. The van der Waals surface area contributed by atoms with E-state index in [9.17, 15) is 14.7 Å². The first-order valence-electron chi connectivity index (χ1n) is 6.01. The topological polar surface area (TPSA) is 69.6 Å². The molecule has 1 saturated heterocycles. The van der Waals surface area contributed by atoms with Gasteiger partial charge in [-0.1, -0.05) is 6.07 Å². The van der Waals surface area contributed by atoms with Gasteiger partial charge in [-0.3, -0.25) is 9.59 Å². The number of amides is 2. The van der Waals surface area contributed by atoms with E-state index < -0.39 is 6.04 Å². The highest BCUT2D eigenvalue weighted by Crippen LogP contribution is 2.22. The average molecular weight is 248 g/mol. The number of aromatic hydroxyl groups is 1. The Morgan fingerprint density at radius 3 is 2.89 bits per heavy atom. The maximum Gasteiger partial charge on any atom is 0.249 e. The van der Waals surface area contributed by atoms with Gasteiger partial charge in [-0.25, -0.2) is 0 Å². The zero-order valence-electron chi connectivity index (χ0n) is 10.2. The van der Waals surface area contributed by atoms with Gasteiger partial charge in [-0.2, -0.15) is 0 Å². The van der Waals surface area contributed by atoms with Gasteiger partial charge in [-0.15, -0.1) is 0 Å². The molecule has 18 heavy (non-hydrogen) atoms. The van der Waals surface area contributed by atoms with Crippen LogP contribution >= 0.6 is 0 Å². The van der Waals surface area contributed by atoms with Gasteiger partial charge in [0.1, 0.15) is 11.8 Å². The van der Waals surface area contributed by atoms with Crippen LogP contribution in [-0.2, 0) is 9.59 Å². The molecule has 5 heteroatoms. The average Bonchev–Trinajstić information content (AvgIpc) is 2.77. The number of rotatable bonds is 3. The van der Waals surface area contributed by atoms with Crippen molar-refractivity contribution in [2.75, 3.05) is 11.4 Å². The number of carbonyl (C=O) groups excluding carboxylic acids is 2. The Morgan fingerprint density at radius 2 is 2.33 bits per heavy atom. The molecule has 1 aromatic rings. The van der Waals surface area contributed by atoms with Crippen LogP contribution in [0.3, 0.4) is 0 Å². The van der Waals surface area contributed by atoms with E-state index in [2.05, 4.69) is 5.32 Å². The van der Waals surface area contributed by atoms with Crippen LogP contribution in [0.15, 0.2) is 24.3 Å². The Hall–Kier alpha value is -2.04. The van der Waals surface area contributed by atoms with Gasteiger partial charge in [-0.05, 0) is 25.5 Å². The van der Waals surface area contributed by atoms with Crippen LogP contribution in [0, 0.1) is 0 Å². The lowest BCUT2D eigenvalue weighted by Gasteiger charge is -2.24. The number of hydrogen-bond donors (Lipinski definition) is 2. The van der Waals surface area contributed by atoms with Crippen molar-refractivity contribution in [1.29, 1.82) is 0 Å². The number of carbonyl (C=O) groups is 2. The number of anilines is 1. The van der Waals surface area contributed by atoms with Crippen molar-refractivity contribution in [3.05, 3.63) is 24.3 Å². The first kappa shape index (κ1) is 12.4. The Bertz CT molecular complexity index is 473. The van der Waals surface area contributed by atoms with Crippen LogP contribution in [0.25, 0.3) is 0 Å². The fourth-order valence-corrected chi connectivity index (χ4v) is 2.11. The lowest BCUT2D eigenvalue weighted by atomic mass is 10.2. The molecule has 1 aliphatic heterocycles. The van der Waals surface area contributed by atoms with E-state index in [4.69, 9.17) is 0 Å². The minimum absolute atomic E-state index is 0.0830. The highest BCUT2D eigenvalue weighted by Gasteiger charge is 2.30. The van der Waals surface area contributed by atoms with E-state index in [-0.39, 0.29) is 17.6 Å². The summed E-state index contributed by atoms with van der Waals surface area (Å²) in [4.78, 5) is 25.0. The van der Waals surface area contributed by atoms with Crippen LogP contribution < -0.4 is 10.2 Å². The molecule has 0 saturated carbocycles. The monoisotopic (exact) mass is 248 g/mol. The summed E-state index contributed by atoms with van der Waals surface area (Å²) in [6.07, 6.45) is 0.932. The summed E-state index contributed by atoms with van der Waals surface area (Å²) < 4.78 is 0. The molecule has 0 aromatic heterocycles. The van der Waals surface area contributed by atoms with Crippen molar-refractivity contribution >= 4 is 17.5 Å². The predicted octanol–water partition coefficient (Wildman–Crippen LogP) is 1.02. The van der Waals surface area contributed by atoms with E-state index in [0.29, 0.717) is 25.1 Å². The summed E-state index contributed by atoms with van der Waals surface area (Å²) in [5.41, 5.74) is 0.642. The molecule has 0 radical (unpaired) electrons. The van der Waals surface area contributed by atoms with Gasteiger partial charge < -0.3 is 15.3 Å². The second-order valence-corrected chi connectivity index (χ2v) is 4.26. The van der Waals surface area contributed by atoms with Crippen molar-refractivity contribution in [2.24, 2.45) is 0 Å². The maximum atomic E-state index is 12.3. The third-order valence-electron chi connectivity index (χ3n) is 3.02. The smallest absolute Gasteiger partial charge is 0.249 e. The van der Waals surface area contributed by atoms with Gasteiger partial charge in [0.2, 0.25) is 11.8 Å². The van der Waals surface area contributed by atoms with Gasteiger partial charge in [0.25, 0.3) is 0 Å². The number of phenolic OH excluding ortho intramolecular Hbond substituents is 1. The molecule has 1 fully saturated rings. The highest BCUT2D eigenvalue weighted by atomic mass is 16.3. The van der Waals surface area contributed by atoms with Crippen LogP contribution in [-0.4, -0.2) is 29.5 Å². The van der Waals surface area contributed by atoms with Crippen molar-refractivity contribution in [3.63, 3.8) is 0 Å². The minimum atomic E-state index is -0.445. The maximum absolute atomic E-state index is 12.3. The Balaban J connectivity index is 2.18. The number of nitrogens with zero attached hydrogens (tertiary/aromatic N) is 1. The van der Waals surface area contributed by atoms with Crippen molar-refractivity contribution in [2.45, 2.75) is 25.8 Å². The van der Waals surface area contributed by atoms with E-state index >= 15 is 0 Å². The molecule has 1 aliphatic rings. The first-order valence-corrected chi connectivity index (χ1v) is 6.01. The molecule has 2 N–H and O–H groups in total. The number of likely N-dealkylation sites (N-methyl/N-ethyl adjacent to an activating group) is 1. The van der Waals surface area contributed by atoms with Gasteiger partial charge in [0.15, 0.2) is 0 Å². The number of benzene rings is 1. The summed E-state index contributed by atoms with van der Waals surface area (Å²) in [7, 11) is 0. The fourth-order valence-electron chi connectivity index (χ4n) is 2.11. The molecule has 96 valence electrons. The third-order valence-corrected chi connectivity index (χ3v) is 3.02. The van der Waals surface area contributed by atoms with Gasteiger partial charge in [0, 0.05) is 24.7 Å². The zero-order valence-corrected chi connectivity index (χ0v) is 10.2. The predicted molar refractivity (Wildman–Crippen MR) is 67.3 cm³/mol. The third kappa shape index (κ3) is 2.45. The second kappa shape index (κ2) is 5.08. The van der Waals surface area contributed by atoms with Crippen molar-refractivity contribution < 1.29 is 14.7 Å². The SMILES string of the molecule is CCN(C(=O)[C@@H]1CCC(=O)N1)c1cccc(O)c1. The molecule has 1 heterocycles. The lowest BCUT2D eigenvalue weighted by Crippen LogP contribution is -2.44. The Kier molecular flexibility index (Phi) is 3.50. The minimum Gasteiger partial charge on any atom is -0.508 e. The van der Waals surface area contributed by atoms with Crippen molar-refractivity contribution in [3.8, 4) is 5.75 Å². The van der Waals surface area contributed by atoms with Gasteiger partial charge >= 0.3 is 0 Å². The van der Waals surface area contributed by atoms with Crippen molar-refractivity contribution in [1.82, 2.24) is 5.32 Å². The number of hydrogen-bond acceptors (Lipinski definition) is 3. The summed E-state index contributed by atoms with van der Waals surface area (Å²) in [6.45, 7) is 2.35. The van der Waals surface area contributed by atoms with E-state index in [1.807, 2.05) is 6.92 Å². The fraction of sp³-hybridized carbons (Fsp3) is 0.385. The summed E-state index contributed by atoms with van der Waals surface area (Å²) in [5, 5.41) is 12.1. The highest BCUT2D eigenvalue weighted by molar-refractivity contribution is 6.00. The summed E-state index contributed by atoms with van der Waals surface area (Å²) >= 11 is 0. The van der Waals surface area contributed by atoms with Crippen LogP contribution in [0.5, 0.6) is 5.75 Å². The molecule has 5 nitrogen and oxygen atoms in total. The Labute approximate surface area is 105 Å².